The van der Waals surface area contributed by atoms with Crippen molar-refractivity contribution in [3.63, 3.8) is 0 Å². The summed E-state index contributed by atoms with van der Waals surface area (Å²) in [5.41, 5.74) is 3.21. The van der Waals surface area contributed by atoms with Crippen LogP contribution in [-0.2, 0) is 22.5 Å². The lowest BCUT2D eigenvalue weighted by Gasteiger charge is -2.16. The highest BCUT2D eigenvalue weighted by Crippen LogP contribution is 2.21. The first kappa shape index (κ1) is 21.0. The lowest BCUT2D eigenvalue weighted by atomic mass is 10.1. The monoisotopic (exact) mass is 408 g/mol. The van der Waals surface area contributed by atoms with Gasteiger partial charge in [-0.3, -0.25) is 9.59 Å². The van der Waals surface area contributed by atoms with E-state index in [2.05, 4.69) is 10.1 Å². The number of ether oxygens (including phenoxy) is 1. The number of benzene rings is 1. The fourth-order valence-electron chi connectivity index (χ4n) is 3.33. The molecule has 0 aliphatic heterocycles. The Balaban J connectivity index is 1.75. The molecule has 1 aromatic carbocycles. The molecule has 0 bridgehead atoms. The van der Waals surface area contributed by atoms with E-state index in [0.717, 1.165) is 11.3 Å². The second-order valence-electron chi connectivity index (χ2n) is 7.08. The van der Waals surface area contributed by atoms with Crippen molar-refractivity contribution in [1.29, 1.82) is 0 Å². The van der Waals surface area contributed by atoms with Gasteiger partial charge in [-0.2, -0.15) is 5.10 Å². The first-order chi connectivity index (χ1) is 14.3. The average molecular weight is 408 g/mol. The Labute approximate surface area is 174 Å². The molecule has 1 amide bonds. The van der Waals surface area contributed by atoms with Crippen LogP contribution in [0.1, 0.15) is 44.6 Å². The molecule has 156 valence electrons. The van der Waals surface area contributed by atoms with Crippen molar-refractivity contribution < 1.29 is 19.1 Å². The van der Waals surface area contributed by atoms with Crippen molar-refractivity contribution in [3.8, 4) is 5.69 Å². The van der Waals surface area contributed by atoms with Gasteiger partial charge in [0, 0.05) is 38.0 Å². The van der Waals surface area contributed by atoms with Crippen LogP contribution in [0.15, 0.2) is 42.7 Å². The number of methoxy groups -OCH3 is 1. The molecule has 0 radical (unpaired) electrons. The third-order valence-electron chi connectivity index (χ3n) is 4.90. The fourth-order valence-corrected chi connectivity index (χ4v) is 3.33. The second-order valence-corrected chi connectivity index (χ2v) is 7.08. The number of aromatic amines is 1. The zero-order valence-corrected chi connectivity index (χ0v) is 17.4. The zero-order chi connectivity index (χ0) is 21.8. The van der Waals surface area contributed by atoms with Crippen LogP contribution in [0.5, 0.6) is 0 Å². The number of hydrogen-bond donors (Lipinski definition) is 1. The summed E-state index contributed by atoms with van der Waals surface area (Å²) < 4.78 is 6.57. The zero-order valence-electron chi connectivity index (χ0n) is 17.4. The van der Waals surface area contributed by atoms with Crippen molar-refractivity contribution in [2.75, 3.05) is 14.2 Å². The molecule has 0 atom stereocenters. The first-order valence-electron chi connectivity index (χ1n) is 9.45. The molecular weight excluding hydrogens is 384 g/mol. The largest absolute Gasteiger partial charge is 0.465 e. The molecule has 0 saturated heterocycles. The van der Waals surface area contributed by atoms with Gasteiger partial charge in [0.1, 0.15) is 0 Å². The van der Waals surface area contributed by atoms with Crippen LogP contribution >= 0.6 is 0 Å². The quantitative estimate of drug-likeness (QED) is 0.479. The maximum absolute atomic E-state index is 12.8. The van der Waals surface area contributed by atoms with Crippen molar-refractivity contribution in [3.05, 3.63) is 70.8 Å². The number of carbonyl (C=O) groups is 3. The number of nitrogens with one attached hydrogen (secondary N) is 1. The summed E-state index contributed by atoms with van der Waals surface area (Å²) in [5.74, 6) is -0.993. The molecule has 0 spiro atoms. The third-order valence-corrected chi connectivity index (χ3v) is 4.90. The van der Waals surface area contributed by atoms with E-state index in [-0.39, 0.29) is 23.7 Å². The van der Waals surface area contributed by atoms with Crippen molar-refractivity contribution in [2.45, 2.75) is 26.8 Å². The van der Waals surface area contributed by atoms with Gasteiger partial charge in [0.15, 0.2) is 5.78 Å². The van der Waals surface area contributed by atoms with Crippen molar-refractivity contribution in [1.82, 2.24) is 19.7 Å². The highest BCUT2D eigenvalue weighted by atomic mass is 16.5. The molecule has 0 saturated carbocycles. The fraction of sp³-hybridized carbons (Fsp3) is 0.273. The maximum atomic E-state index is 12.8. The molecular formula is C22H24N4O4. The molecule has 0 unspecified atom stereocenters. The van der Waals surface area contributed by atoms with E-state index in [4.69, 9.17) is 4.74 Å². The highest BCUT2D eigenvalue weighted by molar-refractivity contribution is 6.01. The van der Waals surface area contributed by atoms with E-state index in [9.17, 15) is 14.4 Å². The minimum absolute atomic E-state index is 0.0537. The Morgan fingerprint density at radius 3 is 2.53 bits per heavy atom. The lowest BCUT2D eigenvalue weighted by molar-refractivity contribution is -0.129. The summed E-state index contributed by atoms with van der Waals surface area (Å²) in [6.45, 7) is 3.43. The summed E-state index contributed by atoms with van der Waals surface area (Å²) in [5, 5.41) is 4.34. The Bertz CT molecular complexity index is 1080. The molecule has 0 aliphatic rings. The number of nitrogens with zero attached hydrogens (tertiary/aromatic N) is 3. The van der Waals surface area contributed by atoms with Crippen LogP contribution in [0.4, 0.5) is 0 Å². The van der Waals surface area contributed by atoms with Gasteiger partial charge in [-0.05, 0) is 24.6 Å². The molecule has 3 rings (SSSR count). The highest BCUT2D eigenvalue weighted by Gasteiger charge is 2.25. The van der Waals surface area contributed by atoms with Gasteiger partial charge in [-0.15, -0.1) is 0 Å². The molecule has 8 heteroatoms. The van der Waals surface area contributed by atoms with E-state index in [0.29, 0.717) is 23.5 Å². The summed E-state index contributed by atoms with van der Waals surface area (Å²) >= 11 is 0. The van der Waals surface area contributed by atoms with Gasteiger partial charge < -0.3 is 14.6 Å². The minimum atomic E-state index is -0.578. The number of H-pyrrole nitrogens is 1. The van der Waals surface area contributed by atoms with Crippen molar-refractivity contribution in [2.24, 2.45) is 0 Å². The topological polar surface area (TPSA) is 97.3 Å². The van der Waals surface area contributed by atoms with Gasteiger partial charge in [0.05, 0.1) is 36.7 Å². The Hall–Kier alpha value is -3.68. The molecule has 8 nitrogen and oxygen atoms in total. The van der Waals surface area contributed by atoms with E-state index >= 15 is 0 Å². The summed E-state index contributed by atoms with van der Waals surface area (Å²) in [4.78, 5) is 41.3. The van der Waals surface area contributed by atoms with Gasteiger partial charge in [0.2, 0.25) is 5.91 Å². The third kappa shape index (κ3) is 4.32. The Kier molecular flexibility index (Phi) is 6.15. The number of rotatable bonds is 7. The molecule has 2 aromatic heterocycles. The molecule has 0 aliphatic carbocycles. The number of likely N-dealkylation sites (N-methyl/N-ethyl adjacent to an activating group) is 1. The standard InChI is InChI=1S/C22H24N4O4/c1-14-20(22(29)30-4)18(24-21(14)15(2)27)10-19(28)25(3)12-16-11-23-26(13-16)17-8-6-5-7-9-17/h5-9,11,13,24H,10,12H2,1-4H3. The number of ketones is 1. The number of para-hydroxylation sites is 1. The summed E-state index contributed by atoms with van der Waals surface area (Å²) in [7, 11) is 2.95. The number of carbonyl (C=O) groups excluding carboxylic acids is 3. The van der Waals surface area contributed by atoms with Gasteiger partial charge >= 0.3 is 5.97 Å². The van der Waals surface area contributed by atoms with Gasteiger partial charge in [-0.25, -0.2) is 9.48 Å². The minimum Gasteiger partial charge on any atom is -0.465 e. The van der Waals surface area contributed by atoms with Crippen LogP contribution in [0, 0.1) is 6.92 Å². The van der Waals surface area contributed by atoms with Crippen LogP contribution < -0.4 is 0 Å². The number of hydrogen-bond acceptors (Lipinski definition) is 5. The number of aromatic nitrogens is 3. The molecule has 0 fully saturated rings. The molecule has 2 heterocycles. The SMILES string of the molecule is COC(=O)c1c(CC(=O)N(C)Cc2cnn(-c3ccccc3)c2)[nH]c(C(C)=O)c1C. The normalized spacial score (nSPS) is 10.7. The predicted molar refractivity (Wildman–Crippen MR) is 111 cm³/mol. The van der Waals surface area contributed by atoms with Crippen LogP contribution in [0.2, 0.25) is 0 Å². The Morgan fingerprint density at radius 2 is 1.90 bits per heavy atom. The van der Waals surface area contributed by atoms with Crippen LogP contribution in [0.3, 0.4) is 0 Å². The van der Waals surface area contributed by atoms with Crippen LogP contribution in [-0.4, -0.2) is 51.5 Å². The van der Waals surface area contributed by atoms with Gasteiger partial charge in [-0.1, -0.05) is 18.2 Å². The molecule has 1 N–H and O–H groups in total. The summed E-state index contributed by atoms with van der Waals surface area (Å²) in [6.07, 6.45) is 3.52. The van der Waals surface area contributed by atoms with E-state index in [1.165, 1.54) is 14.0 Å². The van der Waals surface area contributed by atoms with Crippen molar-refractivity contribution >= 4 is 17.7 Å². The molecule has 30 heavy (non-hydrogen) atoms. The van der Waals surface area contributed by atoms with Gasteiger partial charge in [0.25, 0.3) is 0 Å². The smallest absolute Gasteiger partial charge is 0.339 e. The van der Waals surface area contributed by atoms with E-state index < -0.39 is 5.97 Å². The van der Waals surface area contributed by atoms with E-state index in [1.54, 1.807) is 29.7 Å². The maximum Gasteiger partial charge on any atom is 0.339 e. The number of esters is 1. The lowest BCUT2D eigenvalue weighted by Crippen LogP contribution is -2.28. The summed E-state index contributed by atoms with van der Waals surface area (Å²) in [6, 6.07) is 9.68. The first-order valence-corrected chi connectivity index (χ1v) is 9.45. The van der Waals surface area contributed by atoms with E-state index in [1.807, 2.05) is 36.5 Å². The average Bonchev–Trinajstić information content (AvgIpc) is 3.32. The Morgan fingerprint density at radius 1 is 1.20 bits per heavy atom. The molecule has 3 aromatic rings. The second kappa shape index (κ2) is 8.77. The number of amides is 1. The van der Waals surface area contributed by atoms with Crippen LogP contribution in [0.25, 0.3) is 5.69 Å². The number of Topliss-reactive ketones (excluding diaryl/α,β-unsaturated/α-hetero) is 1. The predicted octanol–water partition coefficient (Wildman–Crippen LogP) is 2.70.